The lowest BCUT2D eigenvalue weighted by atomic mass is 10.0. The molecule has 1 aromatic heterocycles. The van der Waals surface area contributed by atoms with Gasteiger partial charge in [-0.05, 0) is 48.4 Å². The van der Waals surface area contributed by atoms with Crippen LogP contribution in [0.5, 0.6) is 0 Å². The van der Waals surface area contributed by atoms with Crippen molar-refractivity contribution in [1.29, 1.82) is 0 Å². The predicted molar refractivity (Wildman–Crippen MR) is 82.4 cm³/mol. The van der Waals surface area contributed by atoms with Crippen LogP contribution >= 0.6 is 15.9 Å². The number of nitrogens with zero attached hydrogens (tertiary/aromatic N) is 3. The van der Waals surface area contributed by atoms with Gasteiger partial charge in [0.15, 0.2) is 5.82 Å². The van der Waals surface area contributed by atoms with Crippen molar-refractivity contribution in [3.05, 3.63) is 22.3 Å². The van der Waals surface area contributed by atoms with Gasteiger partial charge < -0.3 is 15.2 Å². The molecular formula is C13H20BrN5O. The Labute approximate surface area is 127 Å². The lowest BCUT2D eigenvalue weighted by molar-refractivity contribution is 0.0644. The van der Waals surface area contributed by atoms with Crippen LogP contribution in [0.4, 0.5) is 5.82 Å². The van der Waals surface area contributed by atoms with Gasteiger partial charge in [-0.15, -0.1) is 0 Å². The van der Waals surface area contributed by atoms with E-state index in [0.29, 0.717) is 11.4 Å². The highest BCUT2D eigenvalue weighted by atomic mass is 79.9. The lowest BCUT2D eigenvalue weighted by Crippen LogP contribution is -2.47. The van der Waals surface area contributed by atoms with Crippen molar-refractivity contribution in [2.75, 3.05) is 32.6 Å². The molecule has 2 heterocycles. The summed E-state index contributed by atoms with van der Waals surface area (Å²) in [5, 5.41) is 0. The zero-order valence-electron chi connectivity index (χ0n) is 11.8. The largest absolute Gasteiger partial charge is 0.337 e. The van der Waals surface area contributed by atoms with E-state index in [2.05, 4.69) is 38.3 Å². The molecule has 1 amide bonds. The van der Waals surface area contributed by atoms with E-state index in [0.717, 1.165) is 30.4 Å². The van der Waals surface area contributed by atoms with Gasteiger partial charge in [-0.25, -0.2) is 10.8 Å². The van der Waals surface area contributed by atoms with Crippen LogP contribution in [-0.4, -0.2) is 53.9 Å². The number of nitrogens with two attached hydrogens (primary N) is 1. The number of hydrogen-bond acceptors (Lipinski definition) is 5. The number of nitrogens with one attached hydrogen (secondary N) is 1. The molecule has 1 aliphatic rings. The summed E-state index contributed by atoms with van der Waals surface area (Å²) in [6, 6.07) is 1.97. The highest BCUT2D eigenvalue weighted by molar-refractivity contribution is 9.10. The number of hydrazine groups is 1. The fourth-order valence-electron chi connectivity index (χ4n) is 2.53. The van der Waals surface area contributed by atoms with Crippen molar-refractivity contribution in [3.8, 4) is 0 Å². The second-order valence-corrected chi connectivity index (χ2v) is 6.08. The Hall–Kier alpha value is -1.18. The normalized spacial score (nSPS) is 19.7. The average molecular weight is 342 g/mol. The first-order valence-corrected chi connectivity index (χ1v) is 7.40. The number of likely N-dealkylation sites (N-methyl/N-ethyl adjacent to an activating group) is 2. The number of amides is 1. The second kappa shape index (κ2) is 6.51. The first-order chi connectivity index (χ1) is 9.52. The molecule has 1 atom stereocenters. The van der Waals surface area contributed by atoms with Crippen molar-refractivity contribution in [2.45, 2.75) is 18.9 Å². The van der Waals surface area contributed by atoms with Gasteiger partial charge in [-0.2, -0.15) is 0 Å². The molecule has 0 aromatic carbocycles. The monoisotopic (exact) mass is 341 g/mol. The number of likely N-dealkylation sites (tertiary alicyclic amines) is 1. The molecule has 1 aromatic rings. The van der Waals surface area contributed by atoms with Gasteiger partial charge in [0.05, 0.1) is 5.56 Å². The van der Waals surface area contributed by atoms with E-state index in [4.69, 9.17) is 5.84 Å². The molecule has 7 heteroatoms. The van der Waals surface area contributed by atoms with Crippen molar-refractivity contribution in [3.63, 3.8) is 0 Å². The maximum Gasteiger partial charge on any atom is 0.257 e. The summed E-state index contributed by atoms with van der Waals surface area (Å²) < 4.78 is 0.758. The standard InChI is InChI=1S/C13H20BrN5O/c1-18-5-3-4-10(8-18)19(2)13(20)11-6-9(14)7-16-12(11)17-15/h6-7,10H,3-5,8,15H2,1-2H3,(H,16,17). The van der Waals surface area contributed by atoms with Crippen LogP contribution in [0.2, 0.25) is 0 Å². The number of aromatic nitrogens is 1. The van der Waals surface area contributed by atoms with Crippen molar-refractivity contribution < 1.29 is 4.79 Å². The van der Waals surface area contributed by atoms with Crippen LogP contribution in [0.25, 0.3) is 0 Å². The number of halogens is 1. The number of carbonyl (C=O) groups is 1. The molecule has 0 spiro atoms. The Morgan fingerprint density at radius 3 is 3.05 bits per heavy atom. The summed E-state index contributed by atoms with van der Waals surface area (Å²) in [4.78, 5) is 20.8. The zero-order valence-corrected chi connectivity index (χ0v) is 13.4. The van der Waals surface area contributed by atoms with Crippen LogP contribution in [0, 0.1) is 0 Å². The lowest BCUT2D eigenvalue weighted by Gasteiger charge is -2.36. The molecule has 1 fully saturated rings. The van der Waals surface area contributed by atoms with E-state index < -0.39 is 0 Å². The first-order valence-electron chi connectivity index (χ1n) is 6.60. The number of rotatable bonds is 3. The molecule has 1 unspecified atom stereocenters. The molecule has 110 valence electrons. The van der Waals surface area contributed by atoms with E-state index in [-0.39, 0.29) is 11.9 Å². The van der Waals surface area contributed by atoms with Crippen LogP contribution in [0.15, 0.2) is 16.7 Å². The molecule has 1 saturated heterocycles. The number of piperidine rings is 1. The molecule has 20 heavy (non-hydrogen) atoms. The fourth-order valence-corrected chi connectivity index (χ4v) is 2.86. The third-order valence-corrected chi connectivity index (χ3v) is 4.12. The van der Waals surface area contributed by atoms with E-state index in [1.54, 1.807) is 17.2 Å². The van der Waals surface area contributed by atoms with E-state index in [1.165, 1.54) is 0 Å². The number of pyridine rings is 1. The Morgan fingerprint density at radius 2 is 2.40 bits per heavy atom. The molecule has 6 nitrogen and oxygen atoms in total. The predicted octanol–water partition coefficient (Wildman–Crippen LogP) is 1.30. The van der Waals surface area contributed by atoms with Crippen molar-refractivity contribution in [2.24, 2.45) is 5.84 Å². The Balaban J connectivity index is 2.19. The van der Waals surface area contributed by atoms with Crippen molar-refractivity contribution >= 4 is 27.7 Å². The summed E-state index contributed by atoms with van der Waals surface area (Å²) in [6.45, 7) is 1.99. The minimum atomic E-state index is -0.0629. The fraction of sp³-hybridized carbons (Fsp3) is 0.538. The van der Waals surface area contributed by atoms with Gasteiger partial charge in [-0.1, -0.05) is 0 Å². The average Bonchev–Trinajstić information content (AvgIpc) is 2.45. The highest BCUT2D eigenvalue weighted by Crippen LogP contribution is 2.21. The number of hydrogen-bond donors (Lipinski definition) is 2. The van der Waals surface area contributed by atoms with E-state index >= 15 is 0 Å². The number of carbonyl (C=O) groups excluding carboxylic acids is 1. The van der Waals surface area contributed by atoms with Crippen LogP contribution in [0.3, 0.4) is 0 Å². The Kier molecular flexibility index (Phi) is 4.95. The Bertz CT molecular complexity index is 496. The SMILES string of the molecule is CN1CCCC(N(C)C(=O)c2cc(Br)cnc2NN)C1. The van der Waals surface area contributed by atoms with Gasteiger partial charge >= 0.3 is 0 Å². The van der Waals surface area contributed by atoms with Crippen LogP contribution in [-0.2, 0) is 0 Å². The van der Waals surface area contributed by atoms with Gasteiger partial charge in [0, 0.05) is 30.3 Å². The van der Waals surface area contributed by atoms with Gasteiger partial charge in [0.1, 0.15) is 0 Å². The highest BCUT2D eigenvalue weighted by Gasteiger charge is 2.26. The quantitative estimate of drug-likeness (QED) is 0.640. The van der Waals surface area contributed by atoms with Gasteiger partial charge in [0.25, 0.3) is 5.91 Å². The van der Waals surface area contributed by atoms with Crippen LogP contribution < -0.4 is 11.3 Å². The maximum absolute atomic E-state index is 12.6. The van der Waals surface area contributed by atoms with Gasteiger partial charge in [-0.3, -0.25) is 4.79 Å². The number of anilines is 1. The first kappa shape index (κ1) is 15.2. The molecule has 0 saturated carbocycles. The number of nitrogen functional groups attached to an aromatic ring is 1. The molecular weight excluding hydrogens is 322 g/mol. The molecule has 0 bridgehead atoms. The summed E-state index contributed by atoms with van der Waals surface area (Å²) in [6.07, 6.45) is 3.75. The smallest absolute Gasteiger partial charge is 0.257 e. The molecule has 0 aliphatic carbocycles. The minimum absolute atomic E-state index is 0.0629. The van der Waals surface area contributed by atoms with E-state index in [1.807, 2.05) is 7.05 Å². The second-order valence-electron chi connectivity index (χ2n) is 5.17. The summed E-state index contributed by atoms with van der Waals surface area (Å²) in [5.41, 5.74) is 2.96. The van der Waals surface area contributed by atoms with Crippen molar-refractivity contribution in [1.82, 2.24) is 14.8 Å². The molecule has 3 N–H and O–H groups in total. The van der Waals surface area contributed by atoms with Gasteiger partial charge in [0.2, 0.25) is 0 Å². The topological polar surface area (TPSA) is 74.5 Å². The molecule has 2 rings (SSSR count). The summed E-state index contributed by atoms with van der Waals surface area (Å²) in [5.74, 6) is 5.77. The summed E-state index contributed by atoms with van der Waals surface area (Å²) >= 11 is 3.34. The third-order valence-electron chi connectivity index (χ3n) is 3.69. The summed E-state index contributed by atoms with van der Waals surface area (Å²) in [7, 11) is 3.92. The minimum Gasteiger partial charge on any atom is -0.337 e. The maximum atomic E-state index is 12.6. The van der Waals surface area contributed by atoms with Crippen LogP contribution in [0.1, 0.15) is 23.2 Å². The zero-order chi connectivity index (χ0) is 14.7. The molecule has 1 aliphatic heterocycles. The molecule has 0 radical (unpaired) electrons. The Morgan fingerprint density at radius 1 is 1.65 bits per heavy atom. The third kappa shape index (κ3) is 3.28. The van der Waals surface area contributed by atoms with E-state index in [9.17, 15) is 4.79 Å².